The van der Waals surface area contributed by atoms with Crippen molar-refractivity contribution in [3.05, 3.63) is 59.8 Å². The molecule has 7 heteroatoms. The molecule has 3 N–H and O–H groups in total. The van der Waals surface area contributed by atoms with Gasteiger partial charge in [0.25, 0.3) is 0 Å². The Morgan fingerprint density at radius 2 is 1.81 bits per heavy atom. The van der Waals surface area contributed by atoms with Crippen molar-refractivity contribution in [1.29, 1.82) is 0 Å². The van der Waals surface area contributed by atoms with Crippen LogP contribution >= 0.6 is 0 Å². The Balaban J connectivity index is 2.00. The van der Waals surface area contributed by atoms with Gasteiger partial charge in [-0.25, -0.2) is 4.98 Å². The van der Waals surface area contributed by atoms with Gasteiger partial charge in [-0.05, 0) is 37.1 Å². The van der Waals surface area contributed by atoms with Gasteiger partial charge in [-0.15, -0.1) is 0 Å². The molecule has 2 aromatic heterocycles. The van der Waals surface area contributed by atoms with Crippen LogP contribution in [0.15, 0.2) is 48.7 Å². The molecule has 132 valence electrons. The molecule has 0 spiro atoms. The van der Waals surface area contributed by atoms with Gasteiger partial charge in [-0.2, -0.15) is 4.98 Å². The van der Waals surface area contributed by atoms with Gasteiger partial charge >= 0.3 is 5.97 Å². The van der Waals surface area contributed by atoms with Crippen LogP contribution in [-0.2, 0) is 4.79 Å². The average Bonchev–Trinajstić information content (AvgIpc) is 2.64. The van der Waals surface area contributed by atoms with E-state index in [-0.39, 0.29) is 12.5 Å². The number of nitrogens with one attached hydrogen (secondary N) is 2. The highest BCUT2D eigenvalue weighted by Crippen LogP contribution is 2.26. The average molecular weight is 349 g/mol. The minimum Gasteiger partial charge on any atom is -0.480 e. The molecule has 3 aromatic rings. The number of rotatable bonds is 6. The molecule has 0 aliphatic rings. The van der Waals surface area contributed by atoms with Crippen LogP contribution in [0.2, 0.25) is 0 Å². The Labute approximate surface area is 151 Å². The number of hydrogen-bond donors (Lipinski definition) is 3. The van der Waals surface area contributed by atoms with E-state index in [0.29, 0.717) is 17.2 Å². The van der Waals surface area contributed by atoms with Crippen LogP contribution in [0.1, 0.15) is 11.1 Å². The first kappa shape index (κ1) is 17.3. The van der Waals surface area contributed by atoms with Crippen molar-refractivity contribution in [3.63, 3.8) is 0 Å². The fourth-order valence-corrected chi connectivity index (χ4v) is 2.53. The number of carbonyl (C=O) groups is 1. The molecule has 0 fully saturated rings. The zero-order valence-electron chi connectivity index (χ0n) is 14.5. The number of carboxylic acids is 1. The second-order valence-electron chi connectivity index (χ2n) is 5.82. The van der Waals surface area contributed by atoms with Gasteiger partial charge in [-0.1, -0.05) is 24.3 Å². The number of para-hydroxylation sites is 1. The van der Waals surface area contributed by atoms with E-state index in [0.717, 1.165) is 16.8 Å². The fourth-order valence-electron chi connectivity index (χ4n) is 2.53. The van der Waals surface area contributed by atoms with Gasteiger partial charge in [-0.3, -0.25) is 9.78 Å². The predicted octanol–water partition coefficient (Wildman–Crippen LogP) is 3.40. The molecule has 3 rings (SSSR count). The molecule has 0 saturated carbocycles. The second-order valence-corrected chi connectivity index (χ2v) is 5.82. The molecule has 7 nitrogen and oxygen atoms in total. The van der Waals surface area contributed by atoms with Crippen LogP contribution in [0.5, 0.6) is 0 Å². The molecule has 1 aromatic carbocycles. The van der Waals surface area contributed by atoms with Crippen molar-refractivity contribution >= 4 is 23.4 Å². The van der Waals surface area contributed by atoms with Gasteiger partial charge in [0.15, 0.2) is 0 Å². The lowest BCUT2D eigenvalue weighted by Crippen LogP contribution is -2.15. The first-order valence-corrected chi connectivity index (χ1v) is 8.12. The van der Waals surface area contributed by atoms with Crippen LogP contribution in [-0.4, -0.2) is 32.6 Å². The largest absolute Gasteiger partial charge is 0.480 e. The van der Waals surface area contributed by atoms with Gasteiger partial charge in [0.1, 0.15) is 12.4 Å². The maximum Gasteiger partial charge on any atom is 0.322 e. The summed E-state index contributed by atoms with van der Waals surface area (Å²) < 4.78 is 0. The van der Waals surface area contributed by atoms with Gasteiger partial charge in [0, 0.05) is 18.0 Å². The van der Waals surface area contributed by atoms with Gasteiger partial charge < -0.3 is 15.7 Å². The number of aromatic nitrogens is 3. The summed E-state index contributed by atoms with van der Waals surface area (Å²) in [4.78, 5) is 23.9. The van der Waals surface area contributed by atoms with Crippen molar-refractivity contribution < 1.29 is 9.90 Å². The predicted molar refractivity (Wildman–Crippen MR) is 101 cm³/mol. The first-order chi connectivity index (χ1) is 12.5. The van der Waals surface area contributed by atoms with E-state index in [1.54, 1.807) is 12.3 Å². The third kappa shape index (κ3) is 4.13. The third-order valence-electron chi connectivity index (χ3n) is 3.79. The molecule has 0 bridgehead atoms. The van der Waals surface area contributed by atoms with Gasteiger partial charge in [0.05, 0.1) is 11.4 Å². The van der Waals surface area contributed by atoms with Crippen LogP contribution in [0, 0.1) is 13.8 Å². The molecule has 0 radical (unpaired) electrons. The summed E-state index contributed by atoms with van der Waals surface area (Å²) in [6.45, 7) is 3.76. The standard InChI is InChI=1S/C19H19N5O2/c1-12-6-5-7-13(2)18(12)23-16-10-15(14-8-3-4-9-20-14)22-19(24-16)21-11-17(25)26/h3-10H,11H2,1-2H3,(H,25,26)(H2,21,22,23,24). The molecule has 0 atom stereocenters. The quantitative estimate of drug-likeness (QED) is 0.627. The smallest absolute Gasteiger partial charge is 0.322 e. The number of carboxylic acid groups (broad SMARTS) is 1. The summed E-state index contributed by atoms with van der Waals surface area (Å²) in [5.74, 6) is -0.198. The summed E-state index contributed by atoms with van der Waals surface area (Å²) in [5.41, 5.74) is 4.41. The Hall–Kier alpha value is -3.48. The number of pyridine rings is 1. The van der Waals surface area contributed by atoms with E-state index in [1.807, 2.05) is 50.2 Å². The highest BCUT2D eigenvalue weighted by Gasteiger charge is 2.10. The van der Waals surface area contributed by atoms with Crippen molar-refractivity contribution in [1.82, 2.24) is 15.0 Å². The van der Waals surface area contributed by atoms with Crippen molar-refractivity contribution in [3.8, 4) is 11.4 Å². The van der Waals surface area contributed by atoms with Crippen LogP contribution < -0.4 is 10.6 Å². The van der Waals surface area contributed by atoms with E-state index in [9.17, 15) is 4.79 Å². The van der Waals surface area contributed by atoms with E-state index < -0.39 is 5.97 Å². The fraction of sp³-hybridized carbons (Fsp3) is 0.158. The number of nitrogens with zero attached hydrogens (tertiary/aromatic N) is 3. The van der Waals surface area contributed by atoms with Crippen LogP contribution in [0.3, 0.4) is 0 Å². The number of benzene rings is 1. The highest BCUT2D eigenvalue weighted by atomic mass is 16.4. The minimum atomic E-state index is -0.985. The Morgan fingerprint density at radius 3 is 2.46 bits per heavy atom. The maximum atomic E-state index is 10.8. The van der Waals surface area contributed by atoms with Crippen molar-refractivity contribution in [2.45, 2.75) is 13.8 Å². The van der Waals surface area contributed by atoms with E-state index in [2.05, 4.69) is 25.6 Å². The molecule has 0 amide bonds. The molecule has 2 heterocycles. The SMILES string of the molecule is Cc1cccc(C)c1Nc1cc(-c2ccccn2)nc(NCC(=O)O)n1. The number of aliphatic carboxylic acids is 1. The van der Waals surface area contributed by atoms with Crippen LogP contribution in [0.4, 0.5) is 17.5 Å². The molecule has 26 heavy (non-hydrogen) atoms. The maximum absolute atomic E-state index is 10.8. The first-order valence-electron chi connectivity index (χ1n) is 8.12. The highest BCUT2D eigenvalue weighted by molar-refractivity contribution is 5.73. The zero-order chi connectivity index (χ0) is 18.5. The molecule has 0 unspecified atom stereocenters. The zero-order valence-corrected chi connectivity index (χ0v) is 14.5. The summed E-state index contributed by atoms with van der Waals surface area (Å²) in [7, 11) is 0. The minimum absolute atomic E-state index is 0.226. The monoisotopic (exact) mass is 349 g/mol. The van der Waals surface area contributed by atoms with E-state index >= 15 is 0 Å². The third-order valence-corrected chi connectivity index (χ3v) is 3.79. The Bertz CT molecular complexity index is 908. The number of hydrogen-bond acceptors (Lipinski definition) is 6. The molecular formula is C19H19N5O2. The second kappa shape index (κ2) is 7.60. The lowest BCUT2D eigenvalue weighted by Gasteiger charge is -2.14. The lowest BCUT2D eigenvalue weighted by molar-refractivity contribution is -0.134. The number of aryl methyl sites for hydroxylation is 2. The molecule has 0 aliphatic carbocycles. The van der Waals surface area contributed by atoms with E-state index in [4.69, 9.17) is 5.11 Å². The van der Waals surface area contributed by atoms with E-state index in [1.165, 1.54) is 0 Å². The lowest BCUT2D eigenvalue weighted by atomic mass is 10.1. The molecular weight excluding hydrogens is 330 g/mol. The van der Waals surface area contributed by atoms with Gasteiger partial charge in [0.2, 0.25) is 5.95 Å². The van der Waals surface area contributed by atoms with Crippen molar-refractivity contribution in [2.24, 2.45) is 0 Å². The summed E-state index contributed by atoms with van der Waals surface area (Å²) >= 11 is 0. The van der Waals surface area contributed by atoms with Crippen molar-refractivity contribution in [2.75, 3.05) is 17.2 Å². The topological polar surface area (TPSA) is 100 Å². The Kier molecular flexibility index (Phi) is 5.07. The normalized spacial score (nSPS) is 10.4. The summed E-state index contributed by atoms with van der Waals surface area (Å²) in [6, 6.07) is 13.3. The Morgan fingerprint density at radius 1 is 1.04 bits per heavy atom. The summed E-state index contributed by atoms with van der Waals surface area (Å²) in [5, 5.41) is 14.9. The molecule has 0 aliphatic heterocycles. The number of anilines is 3. The summed E-state index contributed by atoms with van der Waals surface area (Å²) in [6.07, 6.45) is 1.68. The van der Waals surface area contributed by atoms with Crippen LogP contribution in [0.25, 0.3) is 11.4 Å². The molecule has 0 saturated heterocycles.